The quantitative estimate of drug-likeness (QED) is 0.730. The van der Waals surface area contributed by atoms with Crippen molar-refractivity contribution in [1.29, 1.82) is 0 Å². The maximum absolute atomic E-state index is 11.5. The summed E-state index contributed by atoms with van der Waals surface area (Å²) < 4.78 is 5.00. The van der Waals surface area contributed by atoms with Crippen molar-refractivity contribution >= 4 is 18.0 Å². The molecule has 0 aromatic heterocycles. The molecule has 0 bridgehead atoms. The Kier molecular flexibility index (Phi) is 7.76. The Balaban J connectivity index is 0.00000191. The van der Waals surface area contributed by atoms with Crippen molar-refractivity contribution in [2.24, 2.45) is 5.92 Å². The average Bonchev–Trinajstić information content (AvgIpc) is 2.74. The largest absolute Gasteiger partial charge is 0.480 e. The first-order chi connectivity index (χ1) is 9.69. The Labute approximate surface area is 125 Å². The molecule has 1 aliphatic heterocycles. The first-order valence-corrected chi connectivity index (χ1v) is 7.19. The number of ether oxygens (including phenoxy) is 1. The molecule has 1 rings (SSSR count). The minimum atomic E-state index is -1.18. The highest BCUT2D eigenvalue weighted by atomic mass is 16.6. The Bertz CT molecular complexity index is 376. The number of rotatable bonds is 4. The van der Waals surface area contributed by atoms with Crippen molar-refractivity contribution in [2.45, 2.75) is 59.1 Å². The summed E-state index contributed by atoms with van der Waals surface area (Å²) in [4.78, 5) is 34.0. The molecule has 2 unspecified atom stereocenters. The Hall–Kier alpha value is -1.79. The summed E-state index contributed by atoms with van der Waals surface area (Å²) in [5.41, 5.74) is -0.697. The molecule has 1 fully saturated rings. The summed E-state index contributed by atoms with van der Waals surface area (Å²) in [6, 6.07) is -1.12. The Morgan fingerprint density at radius 2 is 2.00 bits per heavy atom. The van der Waals surface area contributed by atoms with Gasteiger partial charge in [-0.3, -0.25) is 4.79 Å². The molecule has 3 N–H and O–H groups in total. The van der Waals surface area contributed by atoms with Crippen LogP contribution in [-0.4, -0.2) is 41.3 Å². The fourth-order valence-corrected chi connectivity index (χ4v) is 1.83. The van der Waals surface area contributed by atoms with Gasteiger partial charge in [-0.05, 0) is 33.6 Å². The molecule has 7 heteroatoms. The Morgan fingerprint density at radius 3 is 2.38 bits per heavy atom. The predicted molar refractivity (Wildman–Crippen MR) is 77.9 cm³/mol. The Morgan fingerprint density at radius 1 is 1.43 bits per heavy atom. The average molecular weight is 302 g/mol. The topological polar surface area (TPSA) is 105 Å². The number of amides is 2. The van der Waals surface area contributed by atoms with Gasteiger partial charge in [0, 0.05) is 12.5 Å². The van der Waals surface area contributed by atoms with E-state index in [-0.39, 0.29) is 18.2 Å². The molecule has 0 spiro atoms. The molecule has 1 saturated heterocycles. The van der Waals surface area contributed by atoms with Gasteiger partial charge in [0.25, 0.3) is 0 Å². The molecule has 0 aromatic rings. The summed E-state index contributed by atoms with van der Waals surface area (Å²) in [5.74, 6) is -1.72. The first kappa shape index (κ1) is 19.2. The van der Waals surface area contributed by atoms with Crippen LogP contribution >= 0.6 is 0 Å². The third-order valence-electron chi connectivity index (χ3n) is 2.67. The zero-order chi connectivity index (χ0) is 16.6. The standard InChI is InChI=1S/C12H20N2O5.C2H6/c1-12(2,3)19-11(18)14-8(10(16)17)6-7-4-5-13-9(7)15;1-2/h7-8H,4-6H2,1-3H3,(H,13,15)(H,14,18)(H,16,17);1-2H3. The van der Waals surface area contributed by atoms with Gasteiger partial charge in [-0.25, -0.2) is 9.59 Å². The minimum absolute atomic E-state index is 0.0699. The van der Waals surface area contributed by atoms with Gasteiger partial charge in [0.15, 0.2) is 0 Å². The van der Waals surface area contributed by atoms with Gasteiger partial charge in [0.2, 0.25) is 5.91 Å². The van der Waals surface area contributed by atoms with Gasteiger partial charge in [0.1, 0.15) is 11.6 Å². The molecular formula is C14H26N2O5. The molecule has 0 saturated carbocycles. The van der Waals surface area contributed by atoms with Crippen molar-refractivity contribution in [3.05, 3.63) is 0 Å². The number of carbonyl (C=O) groups is 3. The maximum Gasteiger partial charge on any atom is 0.408 e. The SMILES string of the molecule is CC.CC(C)(C)OC(=O)NC(CC1CCNC1=O)C(=O)O. The van der Waals surface area contributed by atoms with E-state index in [0.717, 1.165) is 0 Å². The highest BCUT2D eigenvalue weighted by Crippen LogP contribution is 2.16. The summed E-state index contributed by atoms with van der Waals surface area (Å²) in [6.07, 6.45) is -0.141. The van der Waals surface area contributed by atoms with Gasteiger partial charge in [-0.15, -0.1) is 0 Å². The smallest absolute Gasteiger partial charge is 0.408 e. The van der Waals surface area contributed by atoms with Gasteiger partial charge in [0.05, 0.1) is 0 Å². The summed E-state index contributed by atoms with van der Waals surface area (Å²) in [7, 11) is 0. The molecule has 21 heavy (non-hydrogen) atoms. The molecule has 2 amide bonds. The molecule has 0 aromatic carbocycles. The van der Waals surface area contributed by atoms with Crippen LogP contribution in [0.2, 0.25) is 0 Å². The lowest BCUT2D eigenvalue weighted by molar-refractivity contribution is -0.140. The lowest BCUT2D eigenvalue weighted by Crippen LogP contribution is -2.45. The van der Waals surface area contributed by atoms with Crippen LogP contribution in [-0.2, 0) is 14.3 Å². The second-order valence-corrected chi connectivity index (χ2v) is 5.55. The molecule has 1 heterocycles. The number of carboxylic acid groups (broad SMARTS) is 1. The molecule has 0 radical (unpaired) electrons. The van der Waals surface area contributed by atoms with E-state index in [1.54, 1.807) is 20.8 Å². The number of carboxylic acids is 1. The van der Waals surface area contributed by atoms with Gasteiger partial charge < -0.3 is 20.5 Å². The van der Waals surface area contributed by atoms with E-state index in [1.807, 2.05) is 13.8 Å². The van der Waals surface area contributed by atoms with Crippen LogP contribution in [0.5, 0.6) is 0 Å². The van der Waals surface area contributed by atoms with Crippen molar-refractivity contribution in [1.82, 2.24) is 10.6 Å². The third kappa shape index (κ3) is 7.53. The maximum atomic E-state index is 11.5. The molecule has 1 aliphatic rings. The van der Waals surface area contributed by atoms with E-state index in [2.05, 4.69) is 10.6 Å². The van der Waals surface area contributed by atoms with Crippen molar-refractivity contribution < 1.29 is 24.2 Å². The normalized spacial score (nSPS) is 18.9. The van der Waals surface area contributed by atoms with Gasteiger partial charge in [-0.1, -0.05) is 13.8 Å². The van der Waals surface area contributed by atoms with E-state index in [4.69, 9.17) is 9.84 Å². The molecule has 0 aliphatic carbocycles. The number of hydrogen-bond donors (Lipinski definition) is 3. The van der Waals surface area contributed by atoms with Crippen LogP contribution in [0.15, 0.2) is 0 Å². The minimum Gasteiger partial charge on any atom is -0.480 e. The molecule has 2 atom stereocenters. The second kappa shape index (κ2) is 8.49. The molecule has 7 nitrogen and oxygen atoms in total. The van der Waals surface area contributed by atoms with Crippen LogP contribution in [0.1, 0.15) is 47.5 Å². The highest BCUT2D eigenvalue weighted by molar-refractivity contribution is 5.83. The summed E-state index contributed by atoms with van der Waals surface area (Å²) >= 11 is 0. The van der Waals surface area contributed by atoms with E-state index in [9.17, 15) is 14.4 Å². The van der Waals surface area contributed by atoms with E-state index in [0.29, 0.717) is 13.0 Å². The fourth-order valence-electron chi connectivity index (χ4n) is 1.83. The zero-order valence-electron chi connectivity index (χ0n) is 13.4. The number of alkyl carbamates (subject to hydrolysis) is 1. The lowest BCUT2D eigenvalue weighted by Gasteiger charge is -2.22. The monoisotopic (exact) mass is 302 g/mol. The predicted octanol–water partition coefficient (Wildman–Crippen LogP) is 1.52. The highest BCUT2D eigenvalue weighted by Gasteiger charge is 2.32. The number of aliphatic carboxylic acids is 1. The molecule has 122 valence electrons. The van der Waals surface area contributed by atoms with Crippen molar-refractivity contribution in [2.75, 3.05) is 6.54 Å². The van der Waals surface area contributed by atoms with E-state index in [1.165, 1.54) is 0 Å². The van der Waals surface area contributed by atoms with Crippen molar-refractivity contribution in [3.63, 3.8) is 0 Å². The van der Waals surface area contributed by atoms with Gasteiger partial charge >= 0.3 is 12.1 Å². The summed E-state index contributed by atoms with van der Waals surface area (Å²) in [5, 5.41) is 14.0. The lowest BCUT2D eigenvalue weighted by atomic mass is 9.98. The number of carbonyl (C=O) groups excluding carboxylic acids is 2. The number of nitrogens with one attached hydrogen (secondary N) is 2. The van der Waals surface area contributed by atoms with Crippen LogP contribution in [0, 0.1) is 5.92 Å². The van der Waals surface area contributed by atoms with Crippen molar-refractivity contribution in [3.8, 4) is 0 Å². The first-order valence-electron chi connectivity index (χ1n) is 7.19. The van der Waals surface area contributed by atoms with E-state index >= 15 is 0 Å². The van der Waals surface area contributed by atoms with E-state index < -0.39 is 23.7 Å². The number of hydrogen-bond acceptors (Lipinski definition) is 4. The zero-order valence-corrected chi connectivity index (χ0v) is 13.4. The van der Waals surface area contributed by atoms with Crippen LogP contribution in [0.25, 0.3) is 0 Å². The fraction of sp³-hybridized carbons (Fsp3) is 0.786. The van der Waals surface area contributed by atoms with Crippen LogP contribution < -0.4 is 10.6 Å². The van der Waals surface area contributed by atoms with Gasteiger partial charge in [-0.2, -0.15) is 0 Å². The third-order valence-corrected chi connectivity index (χ3v) is 2.67. The second-order valence-electron chi connectivity index (χ2n) is 5.55. The van der Waals surface area contributed by atoms with Crippen LogP contribution in [0.4, 0.5) is 4.79 Å². The summed E-state index contributed by atoms with van der Waals surface area (Å²) in [6.45, 7) is 9.61. The van der Waals surface area contributed by atoms with Crippen LogP contribution in [0.3, 0.4) is 0 Å². The molecular weight excluding hydrogens is 276 g/mol.